The van der Waals surface area contributed by atoms with E-state index in [0.717, 1.165) is 16.8 Å². The molecule has 0 saturated heterocycles. The average Bonchev–Trinajstić information content (AvgIpc) is 2.76. The number of nitrogens with one attached hydrogen (secondary N) is 2. The summed E-state index contributed by atoms with van der Waals surface area (Å²) < 4.78 is 5.29. The maximum Gasteiger partial charge on any atom is 0.336 e. The van der Waals surface area contributed by atoms with E-state index in [1.165, 1.54) is 11.6 Å². The standard InChI is InChI=1S/C24H21N3O2S/c1-18-7-12-21(13-8-18)26-24(30)27-25-17-20-9-14-22(15-10-20)29-23(28)16-11-19-5-3-2-4-6-19/h2-17H,1H3,(H2,26,27,30)/b16-11+,25-17+. The lowest BCUT2D eigenvalue weighted by Gasteiger charge is -2.07. The molecule has 6 heteroatoms. The Labute approximate surface area is 181 Å². The van der Waals surface area contributed by atoms with Crippen LogP contribution < -0.4 is 15.5 Å². The smallest absolute Gasteiger partial charge is 0.336 e. The third kappa shape index (κ3) is 7.00. The van der Waals surface area contributed by atoms with Gasteiger partial charge in [-0.15, -0.1) is 0 Å². The second-order valence-corrected chi connectivity index (χ2v) is 6.83. The van der Waals surface area contributed by atoms with Gasteiger partial charge in [0.05, 0.1) is 6.21 Å². The number of carbonyl (C=O) groups excluding carboxylic acids is 1. The van der Waals surface area contributed by atoms with E-state index in [0.29, 0.717) is 10.9 Å². The van der Waals surface area contributed by atoms with Crippen molar-refractivity contribution in [3.05, 3.63) is 102 Å². The molecule has 0 atom stereocenters. The SMILES string of the molecule is Cc1ccc(NC(=S)N/N=C/c2ccc(OC(=O)/C=C/c3ccccc3)cc2)cc1. The van der Waals surface area contributed by atoms with Gasteiger partial charge in [-0.1, -0.05) is 48.0 Å². The first-order valence-electron chi connectivity index (χ1n) is 9.30. The largest absolute Gasteiger partial charge is 0.423 e. The Morgan fingerprint density at radius 3 is 2.33 bits per heavy atom. The quantitative estimate of drug-likeness (QED) is 0.149. The topological polar surface area (TPSA) is 62.7 Å². The molecule has 0 aliphatic heterocycles. The van der Waals surface area contributed by atoms with Crippen molar-refractivity contribution in [2.24, 2.45) is 5.10 Å². The van der Waals surface area contributed by atoms with Crippen LogP contribution in [-0.2, 0) is 4.79 Å². The molecule has 0 unspecified atom stereocenters. The summed E-state index contributed by atoms with van der Waals surface area (Å²) >= 11 is 5.21. The molecule has 0 aliphatic carbocycles. The van der Waals surface area contributed by atoms with E-state index >= 15 is 0 Å². The predicted molar refractivity (Wildman–Crippen MR) is 126 cm³/mol. The summed E-state index contributed by atoms with van der Waals surface area (Å²) in [5.74, 6) is 0.0221. The zero-order chi connectivity index (χ0) is 21.2. The maximum atomic E-state index is 11.9. The van der Waals surface area contributed by atoms with Crippen molar-refractivity contribution >= 4 is 41.3 Å². The molecule has 5 nitrogen and oxygen atoms in total. The lowest BCUT2D eigenvalue weighted by atomic mass is 10.2. The van der Waals surface area contributed by atoms with Gasteiger partial charge in [-0.05, 0) is 72.7 Å². The predicted octanol–water partition coefficient (Wildman–Crippen LogP) is 4.93. The van der Waals surface area contributed by atoms with E-state index in [4.69, 9.17) is 17.0 Å². The monoisotopic (exact) mass is 415 g/mol. The Morgan fingerprint density at radius 2 is 1.63 bits per heavy atom. The number of aryl methyl sites for hydroxylation is 1. The Balaban J connectivity index is 1.46. The summed E-state index contributed by atoms with van der Waals surface area (Å²) in [7, 11) is 0. The molecule has 0 saturated carbocycles. The summed E-state index contributed by atoms with van der Waals surface area (Å²) in [6.45, 7) is 2.03. The number of rotatable bonds is 6. The van der Waals surface area contributed by atoms with Gasteiger partial charge in [0, 0.05) is 11.8 Å². The van der Waals surface area contributed by atoms with E-state index in [9.17, 15) is 4.79 Å². The summed E-state index contributed by atoms with van der Waals surface area (Å²) in [6.07, 6.45) is 4.74. The molecular weight excluding hydrogens is 394 g/mol. The molecule has 2 N–H and O–H groups in total. The number of benzene rings is 3. The number of nitrogens with zero attached hydrogens (tertiary/aromatic N) is 1. The molecule has 0 fully saturated rings. The molecule has 0 aromatic heterocycles. The second kappa shape index (κ2) is 10.7. The fraction of sp³-hybridized carbons (Fsp3) is 0.0417. The molecular formula is C24H21N3O2S. The lowest BCUT2D eigenvalue weighted by molar-refractivity contribution is -0.128. The van der Waals surface area contributed by atoms with Crippen LogP contribution in [0, 0.1) is 6.92 Å². The zero-order valence-corrected chi connectivity index (χ0v) is 17.2. The molecule has 0 amide bonds. The van der Waals surface area contributed by atoms with Gasteiger partial charge in [0.1, 0.15) is 5.75 Å². The van der Waals surface area contributed by atoms with Crippen LogP contribution in [-0.4, -0.2) is 17.3 Å². The number of ether oxygens (including phenoxy) is 1. The van der Waals surface area contributed by atoms with E-state index in [1.54, 1.807) is 36.6 Å². The van der Waals surface area contributed by atoms with Crippen molar-refractivity contribution in [3.63, 3.8) is 0 Å². The minimum Gasteiger partial charge on any atom is -0.423 e. The van der Waals surface area contributed by atoms with Crippen LogP contribution in [0.4, 0.5) is 5.69 Å². The van der Waals surface area contributed by atoms with Gasteiger partial charge < -0.3 is 10.1 Å². The normalized spacial score (nSPS) is 10.8. The summed E-state index contributed by atoms with van der Waals surface area (Å²) in [5, 5.41) is 7.56. The molecule has 0 aliphatic rings. The van der Waals surface area contributed by atoms with Crippen LogP contribution in [0.2, 0.25) is 0 Å². The van der Waals surface area contributed by atoms with Crippen LogP contribution in [0.15, 0.2) is 90.0 Å². The first-order chi connectivity index (χ1) is 14.6. The molecule has 0 spiro atoms. The van der Waals surface area contributed by atoms with Crippen molar-refractivity contribution in [2.75, 3.05) is 5.32 Å². The molecule has 0 heterocycles. The van der Waals surface area contributed by atoms with Crippen LogP contribution in [0.1, 0.15) is 16.7 Å². The second-order valence-electron chi connectivity index (χ2n) is 6.42. The highest BCUT2D eigenvalue weighted by Crippen LogP contribution is 2.12. The van der Waals surface area contributed by atoms with Gasteiger partial charge >= 0.3 is 5.97 Å². The summed E-state index contributed by atoms with van der Waals surface area (Å²) in [5.41, 5.74) is 6.60. The highest BCUT2D eigenvalue weighted by molar-refractivity contribution is 7.80. The fourth-order valence-electron chi connectivity index (χ4n) is 2.46. The van der Waals surface area contributed by atoms with Gasteiger partial charge in [0.2, 0.25) is 0 Å². The average molecular weight is 416 g/mol. The Bertz CT molecular complexity index is 1040. The number of hydrazone groups is 1. The van der Waals surface area contributed by atoms with E-state index in [-0.39, 0.29) is 0 Å². The van der Waals surface area contributed by atoms with Gasteiger partial charge in [-0.2, -0.15) is 5.10 Å². The summed E-state index contributed by atoms with van der Waals surface area (Å²) in [4.78, 5) is 11.9. The minimum absolute atomic E-state index is 0.394. The Hall–Kier alpha value is -3.77. The molecule has 3 rings (SSSR count). The van der Waals surface area contributed by atoms with E-state index in [2.05, 4.69) is 15.8 Å². The number of carbonyl (C=O) groups is 1. The van der Waals surface area contributed by atoms with E-state index < -0.39 is 5.97 Å². The molecule has 3 aromatic rings. The van der Waals surface area contributed by atoms with Gasteiger partial charge in [-0.25, -0.2) is 4.79 Å². The number of thiocarbonyl (C=S) groups is 1. The van der Waals surface area contributed by atoms with Gasteiger partial charge in [0.25, 0.3) is 0 Å². The van der Waals surface area contributed by atoms with Crippen LogP contribution in [0.5, 0.6) is 5.75 Å². The van der Waals surface area contributed by atoms with Gasteiger partial charge in [-0.3, -0.25) is 5.43 Å². The zero-order valence-electron chi connectivity index (χ0n) is 16.4. The third-order valence-corrected chi connectivity index (χ3v) is 4.19. The highest BCUT2D eigenvalue weighted by Gasteiger charge is 2.01. The molecule has 0 radical (unpaired) electrons. The number of esters is 1. The van der Waals surface area contributed by atoms with Crippen LogP contribution >= 0.6 is 12.2 Å². The first kappa shape index (κ1) is 21.0. The van der Waals surface area contributed by atoms with Crippen molar-refractivity contribution in [1.82, 2.24) is 5.43 Å². The fourth-order valence-corrected chi connectivity index (χ4v) is 2.63. The number of anilines is 1. The van der Waals surface area contributed by atoms with Crippen molar-refractivity contribution < 1.29 is 9.53 Å². The molecule has 30 heavy (non-hydrogen) atoms. The maximum absolute atomic E-state index is 11.9. The molecule has 3 aromatic carbocycles. The summed E-state index contributed by atoms with van der Waals surface area (Å²) in [6, 6.07) is 24.5. The van der Waals surface area contributed by atoms with Crippen LogP contribution in [0.25, 0.3) is 6.08 Å². The van der Waals surface area contributed by atoms with Gasteiger partial charge in [0.15, 0.2) is 5.11 Å². The number of hydrogen-bond acceptors (Lipinski definition) is 4. The number of hydrogen-bond donors (Lipinski definition) is 2. The Kier molecular flexibility index (Phi) is 7.46. The molecule has 150 valence electrons. The van der Waals surface area contributed by atoms with Crippen molar-refractivity contribution in [3.8, 4) is 5.75 Å². The Morgan fingerprint density at radius 1 is 0.933 bits per heavy atom. The third-order valence-electron chi connectivity index (χ3n) is 4.00. The lowest BCUT2D eigenvalue weighted by Crippen LogP contribution is -2.23. The highest BCUT2D eigenvalue weighted by atomic mass is 32.1. The minimum atomic E-state index is -0.436. The molecule has 0 bridgehead atoms. The van der Waals surface area contributed by atoms with Crippen molar-refractivity contribution in [2.45, 2.75) is 6.92 Å². The van der Waals surface area contributed by atoms with Crippen LogP contribution in [0.3, 0.4) is 0 Å². The first-order valence-corrected chi connectivity index (χ1v) is 9.71. The van der Waals surface area contributed by atoms with Crippen molar-refractivity contribution in [1.29, 1.82) is 0 Å². The van der Waals surface area contributed by atoms with E-state index in [1.807, 2.05) is 61.5 Å².